The first-order valence-electron chi connectivity index (χ1n) is 9.90. The molecule has 1 aromatic heterocycles. The second kappa shape index (κ2) is 11.3. The van der Waals surface area contributed by atoms with E-state index < -0.39 is 5.91 Å². The van der Waals surface area contributed by atoms with E-state index in [4.69, 9.17) is 9.15 Å². The molecule has 0 aliphatic carbocycles. The first-order valence-corrected chi connectivity index (χ1v) is 9.90. The van der Waals surface area contributed by atoms with Gasteiger partial charge in [-0.3, -0.25) is 9.59 Å². The number of amides is 2. The van der Waals surface area contributed by atoms with E-state index in [0.29, 0.717) is 43.1 Å². The topological polar surface area (TPSA) is 80.6 Å². The summed E-state index contributed by atoms with van der Waals surface area (Å²) in [6.45, 7) is 0.851. The first-order chi connectivity index (χ1) is 15.1. The molecular weight excluding hydrogens is 399 g/mol. The Morgan fingerprint density at radius 3 is 2.45 bits per heavy atom. The Labute approximate surface area is 179 Å². The van der Waals surface area contributed by atoms with E-state index in [-0.39, 0.29) is 17.4 Å². The molecule has 7 heteroatoms. The lowest BCUT2D eigenvalue weighted by Crippen LogP contribution is -2.35. The van der Waals surface area contributed by atoms with Gasteiger partial charge < -0.3 is 19.8 Å². The van der Waals surface area contributed by atoms with Gasteiger partial charge in [-0.2, -0.15) is 0 Å². The zero-order chi connectivity index (χ0) is 21.9. The fourth-order valence-electron chi connectivity index (χ4n) is 2.70. The molecule has 0 aliphatic rings. The monoisotopic (exact) mass is 422 g/mol. The number of rotatable bonds is 10. The maximum atomic E-state index is 12.9. The largest absolute Gasteiger partial charge is 0.494 e. The third-order valence-electron chi connectivity index (χ3n) is 4.30. The van der Waals surface area contributed by atoms with Crippen LogP contribution in [0.15, 0.2) is 83.1 Å². The van der Waals surface area contributed by atoms with Crippen LogP contribution in [-0.4, -0.2) is 25.0 Å². The van der Waals surface area contributed by atoms with Crippen molar-refractivity contribution in [2.75, 3.05) is 13.2 Å². The molecular formula is C24H23FN2O4. The molecule has 2 aromatic carbocycles. The van der Waals surface area contributed by atoms with E-state index in [1.807, 2.05) is 6.07 Å². The van der Waals surface area contributed by atoms with Gasteiger partial charge in [0.05, 0.1) is 12.9 Å². The molecule has 0 saturated carbocycles. The van der Waals surface area contributed by atoms with Crippen molar-refractivity contribution in [3.63, 3.8) is 0 Å². The molecule has 3 rings (SSSR count). The molecule has 0 saturated heterocycles. The summed E-state index contributed by atoms with van der Waals surface area (Å²) in [4.78, 5) is 25.1. The van der Waals surface area contributed by atoms with Crippen LogP contribution in [0.4, 0.5) is 4.39 Å². The number of nitrogens with one attached hydrogen (secondary N) is 2. The molecule has 6 nitrogen and oxygen atoms in total. The Hall–Kier alpha value is -3.87. The van der Waals surface area contributed by atoms with Crippen LogP contribution in [0.1, 0.15) is 29.0 Å². The fraction of sp³-hybridized carbons (Fsp3) is 0.167. The predicted molar refractivity (Wildman–Crippen MR) is 115 cm³/mol. The standard InChI is InChI=1S/C24H23FN2O4/c25-19-10-12-20(13-11-19)30-15-5-4-14-26-24(29)22(17-21-9-6-16-31-21)27-23(28)18-7-2-1-3-8-18/h1-3,6-13,16-17H,4-5,14-15H2,(H,26,29)(H,27,28)/b22-17-. The van der Waals surface area contributed by atoms with E-state index in [1.165, 1.54) is 24.5 Å². The molecule has 0 aliphatic heterocycles. The van der Waals surface area contributed by atoms with Crippen LogP contribution in [0, 0.1) is 5.82 Å². The van der Waals surface area contributed by atoms with Gasteiger partial charge in [0.2, 0.25) is 0 Å². The van der Waals surface area contributed by atoms with Crippen molar-refractivity contribution in [2.24, 2.45) is 0 Å². The summed E-state index contributed by atoms with van der Waals surface area (Å²) in [6, 6.07) is 17.8. The van der Waals surface area contributed by atoms with Gasteiger partial charge in [0.1, 0.15) is 23.0 Å². The first kappa shape index (κ1) is 21.8. The average Bonchev–Trinajstić information content (AvgIpc) is 3.30. The van der Waals surface area contributed by atoms with E-state index in [2.05, 4.69) is 10.6 Å². The normalized spacial score (nSPS) is 11.1. The van der Waals surface area contributed by atoms with E-state index >= 15 is 0 Å². The fourth-order valence-corrected chi connectivity index (χ4v) is 2.70. The van der Waals surface area contributed by atoms with E-state index in [9.17, 15) is 14.0 Å². The molecule has 1 heterocycles. The SMILES string of the molecule is O=C(NCCCCOc1ccc(F)cc1)/C(=C/c1ccco1)NC(=O)c1ccccc1. The molecule has 0 fully saturated rings. The van der Waals surface area contributed by atoms with Gasteiger partial charge in [-0.25, -0.2) is 4.39 Å². The Kier molecular flexibility index (Phi) is 7.99. The zero-order valence-corrected chi connectivity index (χ0v) is 16.8. The van der Waals surface area contributed by atoms with Crippen molar-refractivity contribution in [3.8, 4) is 5.75 Å². The number of benzene rings is 2. The lowest BCUT2D eigenvalue weighted by atomic mass is 10.2. The molecule has 0 spiro atoms. The van der Waals surface area contributed by atoms with Gasteiger partial charge in [0.25, 0.3) is 11.8 Å². The van der Waals surface area contributed by atoms with Gasteiger partial charge in [-0.15, -0.1) is 0 Å². The Bertz CT molecular complexity index is 1000. The van der Waals surface area contributed by atoms with Crippen LogP contribution in [0.5, 0.6) is 5.75 Å². The lowest BCUT2D eigenvalue weighted by molar-refractivity contribution is -0.117. The molecule has 2 amide bonds. The highest BCUT2D eigenvalue weighted by atomic mass is 19.1. The van der Waals surface area contributed by atoms with E-state index in [0.717, 1.165) is 0 Å². The smallest absolute Gasteiger partial charge is 0.267 e. The summed E-state index contributed by atoms with van der Waals surface area (Å²) in [5.74, 6) is -0.0712. The highest BCUT2D eigenvalue weighted by molar-refractivity contribution is 6.05. The number of halogens is 1. The molecule has 0 unspecified atom stereocenters. The summed E-state index contributed by atoms with van der Waals surface area (Å²) in [5.41, 5.74) is 0.532. The van der Waals surface area contributed by atoms with Gasteiger partial charge in [0, 0.05) is 18.2 Å². The number of carbonyl (C=O) groups excluding carboxylic acids is 2. The maximum absolute atomic E-state index is 12.9. The Balaban J connectivity index is 1.49. The highest BCUT2D eigenvalue weighted by Crippen LogP contribution is 2.11. The lowest BCUT2D eigenvalue weighted by Gasteiger charge is -2.11. The zero-order valence-electron chi connectivity index (χ0n) is 16.8. The number of unbranched alkanes of at least 4 members (excludes halogenated alkanes) is 1. The molecule has 160 valence electrons. The van der Waals surface area contributed by atoms with Crippen molar-refractivity contribution >= 4 is 17.9 Å². The minimum Gasteiger partial charge on any atom is -0.494 e. The van der Waals surface area contributed by atoms with Crippen molar-refractivity contribution < 1.29 is 23.1 Å². The third-order valence-corrected chi connectivity index (χ3v) is 4.30. The van der Waals surface area contributed by atoms with Crippen LogP contribution in [-0.2, 0) is 4.79 Å². The summed E-state index contributed by atoms with van der Waals surface area (Å²) < 4.78 is 23.7. The molecule has 0 atom stereocenters. The number of carbonyl (C=O) groups is 2. The average molecular weight is 422 g/mol. The second-order valence-corrected chi connectivity index (χ2v) is 6.66. The van der Waals surface area contributed by atoms with Crippen molar-refractivity contribution in [1.82, 2.24) is 10.6 Å². The van der Waals surface area contributed by atoms with E-state index in [1.54, 1.807) is 48.5 Å². The van der Waals surface area contributed by atoms with Crippen LogP contribution in [0.25, 0.3) is 6.08 Å². The van der Waals surface area contributed by atoms with Gasteiger partial charge in [-0.05, 0) is 61.4 Å². The molecule has 3 aromatic rings. The van der Waals surface area contributed by atoms with Crippen molar-refractivity contribution in [3.05, 3.63) is 95.8 Å². The third kappa shape index (κ3) is 7.15. The number of ether oxygens (including phenoxy) is 1. The number of furan rings is 1. The Morgan fingerprint density at radius 1 is 0.968 bits per heavy atom. The second-order valence-electron chi connectivity index (χ2n) is 6.66. The highest BCUT2D eigenvalue weighted by Gasteiger charge is 2.14. The van der Waals surface area contributed by atoms with Crippen LogP contribution < -0.4 is 15.4 Å². The summed E-state index contributed by atoms with van der Waals surface area (Å²) in [7, 11) is 0. The molecule has 31 heavy (non-hydrogen) atoms. The maximum Gasteiger partial charge on any atom is 0.267 e. The van der Waals surface area contributed by atoms with Gasteiger partial charge >= 0.3 is 0 Å². The van der Waals surface area contributed by atoms with Gasteiger partial charge in [0.15, 0.2) is 0 Å². The van der Waals surface area contributed by atoms with Crippen LogP contribution >= 0.6 is 0 Å². The Morgan fingerprint density at radius 2 is 1.74 bits per heavy atom. The minimum absolute atomic E-state index is 0.0892. The summed E-state index contributed by atoms with van der Waals surface area (Å²) in [5, 5.41) is 5.43. The van der Waals surface area contributed by atoms with Crippen LogP contribution in [0.2, 0.25) is 0 Å². The molecule has 0 radical (unpaired) electrons. The van der Waals surface area contributed by atoms with Crippen molar-refractivity contribution in [2.45, 2.75) is 12.8 Å². The summed E-state index contributed by atoms with van der Waals surface area (Å²) in [6.07, 6.45) is 4.34. The van der Waals surface area contributed by atoms with Crippen molar-refractivity contribution in [1.29, 1.82) is 0 Å². The predicted octanol–water partition coefficient (Wildman–Crippen LogP) is 4.17. The molecule has 0 bridgehead atoms. The number of hydrogen-bond acceptors (Lipinski definition) is 4. The molecule has 2 N–H and O–H groups in total. The number of hydrogen-bond donors (Lipinski definition) is 2. The van der Waals surface area contributed by atoms with Crippen LogP contribution in [0.3, 0.4) is 0 Å². The quantitative estimate of drug-likeness (QED) is 0.380. The summed E-state index contributed by atoms with van der Waals surface area (Å²) >= 11 is 0. The minimum atomic E-state index is -0.417. The van der Waals surface area contributed by atoms with Gasteiger partial charge in [-0.1, -0.05) is 18.2 Å².